The van der Waals surface area contributed by atoms with Crippen molar-refractivity contribution < 1.29 is 0 Å². The fourth-order valence-electron chi connectivity index (χ4n) is 2.00. The van der Waals surface area contributed by atoms with Gasteiger partial charge in [0.25, 0.3) is 0 Å². The highest BCUT2D eigenvalue weighted by molar-refractivity contribution is 5.86. The summed E-state index contributed by atoms with van der Waals surface area (Å²) < 4.78 is 1.75. The minimum atomic E-state index is 0.733. The zero-order chi connectivity index (χ0) is 13.2. The van der Waals surface area contributed by atoms with E-state index in [4.69, 9.17) is 0 Å². The summed E-state index contributed by atoms with van der Waals surface area (Å²) in [6.07, 6.45) is 6.18. The molecule has 0 saturated heterocycles. The number of aryl methyl sites for hydroxylation is 2. The highest BCUT2D eigenvalue weighted by Crippen LogP contribution is 2.19. The Labute approximate surface area is 110 Å². The summed E-state index contributed by atoms with van der Waals surface area (Å²) in [5.74, 6) is 2.51. The van der Waals surface area contributed by atoms with Gasteiger partial charge in [-0.25, -0.2) is 15.0 Å². The van der Waals surface area contributed by atoms with Crippen molar-refractivity contribution >= 4 is 16.9 Å². The molecule has 0 aliphatic heterocycles. The number of anilines is 1. The second-order valence-electron chi connectivity index (χ2n) is 4.34. The second kappa shape index (κ2) is 4.68. The van der Waals surface area contributed by atoms with Crippen molar-refractivity contribution in [1.29, 1.82) is 0 Å². The first-order valence-corrected chi connectivity index (χ1v) is 6.12. The Kier molecular flexibility index (Phi) is 2.86. The molecule has 0 aromatic carbocycles. The van der Waals surface area contributed by atoms with Gasteiger partial charge in [-0.3, -0.25) is 4.68 Å². The van der Waals surface area contributed by atoms with Gasteiger partial charge in [0.1, 0.15) is 17.5 Å². The first-order valence-electron chi connectivity index (χ1n) is 6.12. The van der Waals surface area contributed by atoms with Crippen LogP contribution in [0.25, 0.3) is 11.0 Å². The molecule has 2 N–H and O–H groups in total. The Morgan fingerprint density at radius 1 is 1.37 bits per heavy atom. The number of aromatic nitrogens is 6. The molecule has 3 aromatic heterocycles. The summed E-state index contributed by atoms with van der Waals surface area (Å²) in [6, 6.07) is 0. The Morgan fingerprint density at radius 3 is 3.05 bits per heavy atom. The number of imidazole rings is 1. The predicted octanol–water partition coefficient (Wildman–Crippen LogP) is 1.05. The summed E-state index contributed by atoms with van der Waals surface area (Å²) in [6.45, 7) is 2.64. The van der Waals surface area contributed by atoms with Crippen molar-refractivity contribution in [3.05, 3.63) is 30.2 Å². The molecule has 0 bridgehead atoms. The van der Waals surface area contributed by atoms with Crippen molar-refractivity contribution in [2.75, 3.05) is 11.9 Å². The molecule has 0 atom stereocenters. The van der Waals surface area contributed by atoms with Gasteiger partial charge in [-0.1, -0.05) is 0 Å². The van der Waals surface area contributed by atoms with E-state index in [-0.39, 0.29) is 0 Å². The third-order valence-corrected chi connectivity index (χ3v) is 2.91. The van der Waals surface area contributed by atoms with Crippen LogP contribution in [0.2, 0.25) is 0 Å². The SMILES string of the molecule is Cc1nc(NCCc2ncc[nH]2)c2cnn(C)c2n1. The molecule has 0 radical (unpaired) electrons. The van der Waals surface area contributed by atoms with Gasteiger partial charge in [0.15, 0.2) is 5.65 Å². The van der Waals surface area contributed by atoms with E-state index >= 15 is 0 Å². The van der Waals surface area contributed by atoms with E-state index in [2.05, 4.69) is 30.4 Å². The third kappa shape index (κ3) is 2.26. The van der Waals surface area contributed by atoms with Crippen LogP contribution in [-0.2, 0) is 13.5 Å². The largest absolute Gasteiger partial charge is 0.369 e. The monoisotopic (exact) mass is 257 g/mol. The topological polar surface area (TPSA) is 84.3 Å². The van der Waals surface area contributed by atoms with Gasteiger partial charge >= 0.3 is 0 Å². The van der Waals surface area contributed by atoms with Gasteiger partial charge in [0.05, 0.1) is 11.6 Å². The zero-order valence-corrected chi connectivity index (χ0v) is 10.9. The van der Waals surface area contributed by atoms with E-state index in [0.717, 1.165) is 41.5 Å². The summed E-state index contributed by atoms with van der Waals surface area (Å²) in [5, 5.41) is 8.46. The van der Waals surface area contributed by atoms with Crippen molar-refractivity contribution in [1.82, 2.24) is 29.7 Å². The molecule has 0 saturated carbocycles. The molecule has 0 amide bonds. The average molecular weight is 257 g/mol. The number of nitrogens with zero attached hydrogens (tertiary/aromatic N) is 5. The number of H-pyrrole nitrogens is 1. The standard InChI is InChI=1S/C12H15N7/c1-8-17-11(9-7-16-19(2)12(9)18-8)15-4-3-10-13-5-6-14-10/h5-7H,3-4H2,1-2H3,(H,13,14)(H,15,17,18). The van der Waals surface area contributed by atoms with E-state index in [1.807, 2.05) is 20.2 Å². The fraction of sp³-hybridized carbons (Fsp3) is 0.333. The maximum atomic E-state index is 4.43. The molecule has 98 valence electrons. The van der Waals surface area contributed by atoms with Crippen molar-refractivity contribution in [2.24, 2.45) is 7.05 Å². The minimum Gasteiger partial charge on any atom is -0.369 e. The zero-order valence-electron chi connectivity index (χ0n) is 10.9. The lowest BCUT2D eigenvalue weighted by Gasteiger charge is -2.06. The molecule has 0 spiro atoms. The molecule has 0 unspecified atom stereocenters. The number of aromatic amines is 1. The maximum absolute atomic E-state index is 4.43. The normalized spacial score (nSPS) is 11.1. The number of fused-ring (bicyclic) bond motifs is 1. The van der Waals surface area contributed by atoms with Crippen molar-refractivity contribution in [3.63, 3.8) is 0 Å². The van der Waals surface area contributed by atoms with Gasteiger partial charge in [-0.05, 0) is 6.92 Å². The van der Waals surface area contributed by atoms with Gasteiger partial charge in [-0.2, -0.15) is 5.10 Å². The maximum Gasteiger partial charge on any atom is 0.163 e. The summed E-state index contributed by atoms with van der Waals surface area (Å²) in [5.41, 5.74) is 0.841. The van der Waals surface area contributed by atoms with E-state index in [0.29, 0.717) is 0 Å². The highest BCUT2D eigenvalue weighted by atomic mass is 15.3. The lowest BCUT2D eigenvalue weighted by Crippen LogP contribution is -2.09. The quantitative estimate of drug-likeness (QED) is 0.729. The summed E-state index contributed by atoms with van der Waals surface area (Å²) >= 11 is 0. The van der Waals surface area contributed by atoms with Crippen LogP contribution in [0.3, 0.4) is 0 Å². The molecule has 19 heavy (non-hydrogen) atoms. The molecular formula is C12H15N7. The Morgan fingerprint density at radius 2 is 2.26 bits per heavy atom. The lowest BCUT2D eigenvalue weighted by atomic mass is 10.3. The van der Waals surface area contributed by atoms with Gasteiger partial charge < -0.3 is 10.3 Å². The Bertz CT molecular complexity index is 683. The van der Waals surface area contributed by atoms with Gasteiger partial charge in [0.2, 0.25) is 0 Å². The highest BCUT2D eigenvalue weighted by Gasteiger charge is 2.09. The van der Waals surface area contributed by atoms with Crippen LogP contribution < -0.4 is 5.32 Å². The Balaban J connectivity index is 1.80. The molecule has 3 rings (SSSR count). The number of nitrogens with one attached hydrogen (secondary N) is 2. The van der Waals surface area contributed by atoms with Crippen LogP contribution in [0.5, 0.6) is 0 Å². The van der Waals surface area contributed by atoms with E-state index in [1.165, 1.54) is 0 Å². The molecule has 0 aliphatic rings. The van der Waals surface area contributed by atoms with Crippen molar-refractivity contribution in [2.45, 2.75) is 13.3 Å². The lowest BCUT2D eigenvalue weighted by molar-refractivity contribution is 0.783. The van der Waals surface area contributed by atoms with Crippen LogP contribution >= 0.6 is 0 Å². The number of hydrogen-bond donors (Lipinski definition) is 2. The molecule has 0 aliphatic carbocycles. The van der Waals surface area contributed by atoms with E-state index < -0.39 is 0 Å². The van der Waals surface area contributed by atoms with Crippen LogP contribution in [0, 0.1) is 6.92 Å². The number of rotatable bonds is 4. The van der Waals surface area contributed by atoms with Crippen LogP contribution in [0.15, 0.2) is 18.6 Å². The van der Waals surface area contributed by atoms with Crippen LogP contribution in [0.1, 0.15) is 11.6 Å². The fourth-order valence-corrected chi connectivity index (χ4v) is 2.00. The van der Waals surface area contributed by atoms with E-state index in [1.54, 1.807) is 17.1 Å². The van der Waals surface area contributed by atoms with Crippen molar-refractivity contribution in [3.8, 4) is 0 Å². The molecule has 7 nitrogen and oxygen atoms in total. The Hall–Kier alpha value is -2.44. The van der Waals surface area contributed by atoms with Crippen LogP contribution in [-0.4, -0.2) is 36.3 Å². The molecular weight excluding hydrogens is 242 g/mol. The predicted molar refractivity (Wildman–Crippen MR) is 71.8 cm³/mol. The molecule has 3 aromatic rings. The third-order valence-electron chi connectivity index (χ3n) is 2.91. The average Bonchev–Trinajstić information content (AvgIpc) is 3.00. The van der Waals surface area contributed by atoms with E-state index in [9.17, 15) is 0 Å². The van der Waals surface area contributed by atoms with Gasteiger partial charge in [-0.15, -0.1) is 0 Å². The number of hydrogen-bond acceptors (Lipinski definition) is 5. The first-order chi connectivity index (χ1) is 9.24. The van der Waals surface area contributed by atoms with Crippen LogP contribution in [0.4, 0.5) is 5.82 Å². The minimum absolute atomic E-state index is 0.733. The molecule has 0 fully saturated rings. The molecule has 7 heteroatoms. The second-order valence-corrected chi connectivity index (χ2v) is 4.34. The van der Waals surface area contributed by atoms with Gasteiger partial charge in [0, 0.05) is 32.4 Å². The molecule has 3 heterocycles. The summed E-state index contributed by atoms with van der Waals surface area (Å²) in [7, 11) is 1.88. The summed E-state index contributed by atoms with van der Waals surface area (Å²) in [4.78, 5) is 16.1. The first kappa shape index (κ1) is 11.6. The smallest absolute Gasteiger partial charge is 0.163 e.